The van der Waals surface area contributed by atoms with Gasteiger partial charge in [0.05, 0.1) is 0 Å². The van der Waals surface area contributed by atoms with E-state index in [2.05, 4.69) is 23.5 Å². The fraction of sp³-hybridized carbons (Fsp3) is 0.500. The van der Waals surface area contributed by atoms with Crippen molar-refractivity contribution in [1.82, 2.24) is 9.97 Å². The Balaban J connectivity index is 1.70. The first kappa shape index (κ1) is 24.1. The van der Waals surface area contributed by atoms with Gasteiger partial charge in [-0.3, -0.25) is 0 Å². The topological polar surface area (TPSA) is 81.5 Å². The highest BCUT2D eigenvalue weighted by Crippen LogP contribution is 2.44. The number of aromatic nitrogens is 2. The van der Waals surface area contributed by atoms with E-state index in [4.69, 9.17) is 9.47 Å². The molecule has 2 heterocycles. The van der Waals surface area contributed by atoms with E-state index in [1.807, 2.05) is 24.5 Å². The number of carboxylic acid groups (broad SMARTS) is 1. The maximum atomic E-state index is 12.3. The van der Waals surface area contributed by atoms with Gasteiger partial charge in [0, 0.05) is 18.0 Å². The molecule has 1 fully saturated rings. The monoisotopic (exact) mass is 438 g/mol. The predicted molar refractivity (Wildman–Crippen MR) is 124 cm³/mol. The van der Waals surface area contributed by atoms with Crippen LogP contribution in [0.3, 0.4) is 0 Å². The fourth-order valence-electron chi connectivity index (χ4n) is 4.19. The second-order valence-electron chi connectivity index (χ2n) is 8.83. The third-order valence-electron chi connectivity index (χ3n) is 5.85. The molecule has 0 amide bonds. The lowest BCUT2D eigenvalue weighted by Gasteiger charge is -2.28. The Morgan fingerprint density at radius 3 is 2.31 bits per heavy atom. The number of hydrogen-bond acceptors (Lipinski definition) is 5. The van der Waals surface area contributed by atoms with Crippen LogP contribution in [-0.2, 0) is 26.3 Å². The number of unbranched alkanes of at least 4 members (excludes halogenated alkanes) is 5. The van der Waals surface area contributed by atoms with Crippen LogP contribution in [0.25, 0.3) is 11.4 Å². The SMILES string of the molecule is C=CC1OC(C)(C)OC1(C(=O)O)c1ccc(-c2ncc(CCCCCCCC)cn2)cc1. The van der Waals surface area contributed by atoms with Gasteiger partial charge in [0.25, 0.3) is 0 Å². The van der Waals surface area contributed by atoms with Crippen LogP contribution in [0.2, 0.25) is 0 Å². The van der Waals surface area contributed by atoms with Crippen LogP contribution in [0, 0.1) is 0 Å². The van der Waals surface area contributed by atoms with Crippen LogP contribution in [0.5, 0.6) is 0 Å². The van der Waals surface area contributed by atoms with Crippen molar-refractivity contribution >= 4 is 5.97 Å². The van der Waals surface area contributed by atoms with Gasteiger partial charge in [0.1, 0.15) is 6.10 Å². The van der Waals surface area contributed by atoms with E-state index in [1.54, 1.807) is 26.0 Å². The van der Waals surface area contributed by atoms with Gasteiger partial charge in [-0.15, -0.1) is 6.58 Å². The normalized spacial score (nSPS) is 22.0. The van der Waals surface area contributed by atoms with Crippen molar-refractivity contribution in [3.63, 3.8) is 0 Å². The van der Waals surface area contributed by atoms with Crippen molar-refractivity contribution in [2.75, 3.05) is 0 Å². The van der Waals surface area contributed by atoms with Gasteiger partial charge >= 0.3 is 5.97 Å². The zero-order valence-corrected chi connectivity index (χ0v) is 19.3. The minimum atomic E-state index is -1.65. The summed E-state index contributed by atoms with van der Waals surface area (Å²) >= 11 is 0. The molecule has 2 unspecified atom stereocenters. The van der Waals surface area contributed by atoms with E-state index in [-0.39, 0.29) is 0 Å². The highest BCUT2D eigenvalue weighted by Gasteiger charge is 2.58. The zero-order chi connectivity index (χ0) is 23.2. The van der Waals surface area contributed by atoms with Crippen molar-refractivity contribution in [3.05, 3.63) is 60.4 Å². The van der Waals surface area contributed by atoms with Crippen LogP contribution in [0.4, 0.5) is 0 Å². The van der Waals surface area contributed by atoms with Crippen molar-refractivity contribution < 1.29 is 19.4 Å². The summed E-state index contributed by atoms with van der Waals surface area (Å²) in [6.07, 6.45) is 13.0. The van der Waals surface area contributed by atoms with Crippen LogP contribution in [-0.4, -0.2) is 32.9 Å². The minimum absolute atomic E-state index is 0.490. The summed E-state index contributed by atoms with van der Waals surface area (Å²) in [6.45, 7) is 9.36. The number of hydrogen-bond donors (Lipinski definition) is 1. The first-order valence-corrected chi connectivity index (χ1v) is 11.5. The molecule has 1 aromatic carbocycles. The first-order valence-electron chi connectivity index (χ1n) is 11.5. The van der Waals surface area contributed by atoms with E-state index in [1.165, 1.54) is 38.2 Å². The molecule has 6 nitrogen and oxygen atoms in total. The molecule has 0 radical (unpaired) electrons. The summed E-state index contributed by atoms with van der Waals surface area (Å²) in [5.41, 5.74) is 0.793. The Hall–Kier alpha value is -2.57. The number of carboxylic acids is 1. The van der Waals surface area contributed by atoms with Crippen LogP contribution in [0.15, 0.2) is 49.3 Å². The van der Waals surface area contributed by atoms with Crippen molar-refractivity contribution in [2.24, 2.45) is 0 Å². The van der Waals surface area contributed by atoms with E-state index in [0.717, 1.165) is 24.0 Å². The molecule has 0 saturated carbocycles. The summed E-state index contributed by atoms with van der Waals surface area (Å²) in [6, 6.07) is 7.10. The van der Waals surface area contributed by atoms with Crippen molar-refractivity contribution in [2.45, 2.75) is 83.2 Å². The van der Waals surface area contributed by atoms with E-state index in [0.29, 0.717) is 11.4 Å². The van der Waals surface area contributed by atoms with Crippen LogP contribution < -0.4 is 0 Å². The smallest absolute Gasteiger partial charge is 0.343 e. The number of ether oxygens (including phenoxy) is 2. The largest absolute Gasteiger partial charge is 0.479 e. The Morgan fingerprint density at radius 2 is 1.72 bits per heavy atom. The van der Waals surface area contributed by atoms with Gasteiger partial charge in [0.2, 0.25) is 5.60 Å². The molecule has 2 aromatic rings. The Bertz CT molecular complexity index is 908. The Morgan fingerprint density at radius 1 is 1.09 bits per heavy atom. The van der Waals surface area contributed by atoms with E-state index >= 15 is 0 Å². The summed E-state index contributed by atoms with van der Waals surface area (Å²) in [5, 5.41) is 10.0. The number of rotatable bonds is 11. The molecule has 0 aliphatic carbocycles. The van der Waals surface area contributed by atoms with E-state index < -0.39 is 23.5 Å². The van der Waals surface area contributed by atoms with Crippen LogP contribution >= 0.6 is 0 Å². The van der Waals surface area contributed by atoms with Crippen molar-refractivity contribution in [3.8, 4) is 11.4 Å². The molecule has 1 aliphatic heterocycles. The molecule has 3 rings (SSSR count). The molecule has 32 heavy (non-hydrogen) atoms. The molecular weight excluding hydrogens is 404 g/mol. The molecule has 2 atom stereocenters. The number of aliphatic carboxylic acids is 1. The molecule has 6 heteroatoms. The molecule has 0 bridgehead atoms. The minimum Gasteiger partial charge on any atom is -0.479 e. The molecule has 172 valence electrons. The predicted octanol–water partition coefficient (Wildman–Crippen LogP) is 5.66. The second-order valence-corrected chi connectivity index (χ2v) is 8.83. The molecule has 0 spiro atoms. The maximum Gasteiger partial charge on any atom is 0.343 e. The lowest BCUT2D eigenvalue weighted by atomic mass is 9.87. The third-order valence-corrected chi connectivity index (χ3v) is 5.85. The van der Waals surface area contributed by atoms with Gasteiger partial charge in [-0.2, -0.15) is 0 Å². The average molecular weight is 439 g/mol. The highest BCUT2D eigenvalue weighted by atomic mass is 16.8. The quantitative estimate of drug-likeness (QED) is 0.360. The standard InChI is InChI=1S/C26H34N2O4/c1-5-7-8-9-10-11-12-19-17-27-23(28-18-19)20-13-15-21(16-14-20)26(24(29)30)22(6-2)31-25(3,4)32-26/h6,13-18,22H,2,5,7-12H2,1,3-4H3,(H,29,30). The van der Waals surface area contributed by atoms with Gasteiger partial charge < -0.3 is 14.6 Å². The summed E-state index contributed by atoms with van der Waals surface area (Å²) in [5.74, 6) is -1.54. The number of carbonyl (C=O) groups is 1. The highest BCUT2D eigenvalue weighted by molar-refractivity contribution is 5.81. The Kier molecular flexibility index (Phi) is 7.80. The zero-order valence-electron chi connectivity index (χ0n) is 19.3. The summed E-state index contributed by atoms with van der Waals surface area (Å²) in [7, 11) is 0. The second kappa shape index (κ2) is 10.4. The number of benzene rings is 1. The van der Waals surface area contributed by atoms with E-state index in [9.17, 15) is 9.90 Å². The fourth-order valence-corrected chi connectivity index (χ4v) is 4.19. The maximum absolute atomic E-state index is 12.3. The molecule has 1 saturated heterocycles. The van der Waals surface area contributed by atoms with Gasteiger partial charge in [0.15, 0.2) is 11.6 Å². The number of nitrogens with zero attached hydrogens (tertiary/aromatic N) is 2. The van der Waals surface area contributed by atoms with Gasteiger partial charge in [-0.1, -0.05) is 69.4 Å². The van der Waals surface area contributed by atoms with Crippen LogP contribution in [0.1, 0.15) is 70.4 Å². The van der Waals surface area contributed by atoms with Crippen molar-refractivity contribution in [1.29, 1.82) is 0 Å². The molecule has 1 aromatic heterocycles. The molecular formula is C26H34N2O4. The number of aryl methyl sites for hydroxylation is 1. The molecule has 1 N–H and O–H groups in total. The third kappa shape index (κ3) is 5.25. The molecule has 1 aliphatic rings. The lowest BCUT2D eigenvalue weighted by molar-refractivity contribution is -0.187. The van der Waals surface area contributed by atoms with Gasteiger partial charge in [-0.25, -0.2) is 14.8 Å². The summed E-state index contributed by atoms with van der Waals surface area (Å²) < 4.78 is 11.7. The van der Waals surface area contributed by atoms with Gasteiger partial charge in [-0.05, 0) is 37.8 Å². The Labute approximate surface area is 190 Å². The first-order chi connectivity index (χ1) is 15.3. The summed E-state index contributed by atoms with van der Waals surface area (Å²) in [4.78, 5) is 21.3. The average Bonchev–Trinajstić information content (AvgIpc) is 3.08. The lowest BCUT2D eigenvalue weighted by Crippen LogP contribution is -2.44.